The van der Waals surface area contributed by atoms with E-state index in [1.165, 1.54) is 0 Å². The summed E-state index contributed by atoms with van der Waals surface area (Å²) < 4.78 is 5.04. The summed E-state index contributed by atoms with van der Waals surface area (Å²) in [5.74, 6) is 0.296. The number of carbonyl (C=O) groups is 1. The van der Waals surface area contributed by atoms with Crippen molar-refractivity contribution < 1.29 is 14.6 Å². The predicted molar refractivity (Wildman–Crippen MR) is 83.5 cm³/mol. The molecule has 0 bridgehead atoms. The van der Waals surface area contributed by atoms with Crippen molar-refractivity contribution in [3.63, 3.8) is 0 Å². The van der Waals surface area contributed by atoms with Gasteiger partial charge in [-0.25, -0.2) is 0 Å². The van der Waals surface area contributed by atoms with Gasteiger partial charge in [-0.2, -0.15) is 0 Å². The van der Waals surface area contributed by atoms with Crippen LogP contribution in [0.25, 0.3) is 0 Å². The number of aryl methyl sites for hydroxylation is 1. The SMILES string of the molecule is COc1ccc(C(O)C(=O)NCCCc2cccnc2)cc1. The monoisotopic (exact) mass is 300 g/mol. The van der Waals surface area contributed by atoms with E-state index in [2.05, 4.69) is 10.3 Å². The van der Waals surface area contributed by atoms with Crippen molar-refractivity contribution in [3.8, 4) is 5.75 Å². The van der Waals surface area contributed by atoms with Crippen molar-refractivity contribution in [2.45, 2.75) is 18.9 Å². The number of nitrogens with zero attached hydrogens (tertiary/aromatic N) is 1. The highest BCUT2D eigenvalue weighted by molar-refractivity contribution is 5.81. The molecular weight excluding hydrogens is 280 g/mol. The van der Waals surface area contributed by atoms with E-state index < -0.39 is 12.0 Å². The van der Waals surface area contributed by atoms with Gasteiger partial charge in [0, 0.05) is 18.9 Å². The zero-order valence-corrected chi connectivity index (χ0v) is 12.5. The van der Waals surface area contributed by atoms with Gasteiger partial charge in [0.15, 0.2) is 6.10 Å². The summed E-state index contributed by atoms with van der Waals surface area (Å²) in [4.78, 5) is 15.9. The molecule has 1 unspecified atom stereocenters. The van der Waals surface area contributed by atoms with Gasteiger partial charge in [-0.3, -0.25) is 9.78 Å². The molecule has 1 amide bonds. The second kappa shape index (κ2) is 8.14. The van der Waals surface area contributed by atoms with Gasteiger partial charge >= 0.3 is 0 Å². The highest BCUT2D eigenvalue weighted by Crippen LogP contribution is 2.17. The molecule has 0 radical (unpaired) electrons. The number of aromatic nitrogens is 1. The zero-order valence-electron chi connectivity index (χ0n) is 12.5. The average Bonchev–Trinajstić information content (AvgIpc) is 2.59. The molecule has 2 aromatic rings. The molecule has 2 N–H and O–H groups in total. The van der Waals surface area contributed by atoms with E-state index in [0.717, 1.165) is 18.4 Å². The lowest BCUT2D eigenvalue weighted by molar-refractivity contribution is -0.129. The maximum atomic E-state index is 11.9. The Morgan fingerprint density at radius 3 is 2.73 bits per heavy atom. The van der Waals surface area contributed by atoms with Crippen molar-refractivity contribution >= 4 is 5.91 Å². The molecule has 22 heavy (non-hydrogen) atoms. The van der Waals surface area contributed by atoms with Gasteiger partial charge in [0.2, 0.25) is 0 Å². The number of pyridine rings is 1. The molecule has 0 aliphatic heterocycles. The Kier molecular flexibility index (Phi) is 5.91. The molecule has 0 aliphatic rings. The molecule has 1 aromatic carbocycles. The standard InChI is InChI=1S/C17H20N2O3/c1-22-15-8-6-14(7-9-15)16(20)17(21)19-11-3-5-13-4-2-10-18-12-13/h2,4,6-10,12,16,20H,3,5,11H2,1H3,(H,19,21). The Bertz CT molecular complexity index is 585. The topological polar surface area (TPSA) is 71.5 Å². The fraction of sp³-hybridized carbons (Fsp3) is 0.294. The number of amides is 1. The van der Waals surface area contributed by atoms with E-state index in [4.69, 9.17) is 4.74 Å². The second-order valence-corrected chi connectivity index (χ2v) is 4.93. The fourth-order valence-corrected chi connectivity index (χ4v) is 2.08. The van der Waals surface area contributed by atoms with E-state index in [-0.39, 0.29) is 0 Å². The summed E-state index contributed by atoms with van der Waals surface area (Å²) in [6.45, 7) is 0.515. The van der Waals surface area contributed by atoms with E-state index in [1.54, 1.807) is 37.6 Å². The highest BCUT2D eigenvalue weighted by atomic mass is 16.5. The maximum absolute atomic E-state index is 11.9. The lowest BCUT2D eigenvalue weighted by Crippen LogP contribution is -2.30. The molecule has 116 valence electrons. The fourth-order valence-electron chi connectivity index (χ4n) is 2.08. The van der Waals surface area contributed by atoms with Gasteiger partial charge in [-0.05, 0) is 42.2 Å². The number of aliphatic hydroxyl groups excluding tert-OH is 1. The summed E-state index contributed by atoms with van der Waals surface area (Å²) in [5, 5.41) is 12.7. The first-order valence-electron chi connectivity index (χ1n) is 7.19. The van der Waals surface area contributed by atoms with Crippen LogP contribution < -0.4 is 10.1 Å². The first kappa shape index (κ1) is 16.0. The quantitative estimate of drug-likeness (QED) is 0.766. The third-order valence-electron chi connectivity index (χ3n) is 3.34. The first-order valence-corrected chi connectivity index (χ1v) is 7.19. The summed E-state index contributed by atoms with van der Waals surface area (Å²) in [5.41, 5.74) is 1.68. The molecule has 0 spiro atoms. The number of nitrogens with one attached hydrogen (secondary N) is 1. The number of ether oxygens (including phenoxy) is 1. The molecule has 2 rings (SSSR count). The van der Waals surface area contributed by atoms with Crippen LogP contribution in [0.15, 0.2) is 48.8 Å². The van der Waals surface area contributed by atoms with Gasteiger partial charge in [0.25, 0.3) is 5.91 Å². The Morgan fingerprint density at radius 1 is 1.32 bits per heavy atom. The molecule has 1 aromatic heterocycles. The van der Waals surface area contributed by atoms with Crippen LogP contribution in [0.3, 0.4) is 0 Å². The smallest absolute Gasteiger partial charge is 0.253 e. The van der Waals surface area contributed by atoms with Crippen LogP contribution in [0.5, 0.6) is 5.75 Å². The van der Waals surface area contributed by atoms with Gasteiger partial charge in [0.1, 0.15) is 5.75 Å². The molecule has 5 heteroatoms. The van der Waals surface area contributed by atoms with Crippen LogP contribution in [0.1, 0.15) is 23.7 Å². The lowest BCUT2D eigenvalue weighted by Gasteiger charge is -2.12. The number of carbonyl (C=O) groups excluding carboxylic acids is 1. The summed E-state index contributed by atoms with van der Waals surface area (Å²) in [7, 11) is 1.57. The van der Waals surface area contributed by atoms with Gasteiger partial charge in [0.05, 0.1) is 7.11 Å². The van der Waals surface area contributed by atoms with Crippen LogP contribution in [-0.4, -0.2) is 29.7 Å². The number of hydrogen-bond donors (Lipinski definition) is 2. The van der Waals surface area contributed by atoms with Crippen LogP contribution in [0.2, 0.25) is 0 Å². The van der Waals surface area contributed by atoms with Gasteiger partial charge < -0.3 is 15.2 Å². The van der Waals surface area contributed by atoms with Crippen molar-refractivity contribution in [3.05, 3.63) is 59.9 Å². The predicted octanol–water partition coefficient (Wildman–Crippen LogP) is 1.87. The summed E-state index contributed by atoms with van der Waals surface area (Å²) in [6.07, 6.45) is 4.02. The number of aliphatic hydroxyl groups is 1. The molecular formula is C17H20N2O3. The van der Waals surface area contributed by atoms with E-state index in [0.29, 0.717) is 17.9 Å². The molecule has 1 atom stereocenters. The number of hydrogen-bond acceptors (Lipinski definition) is 4. The molecule has 0 fully saturated rings. The van der Waals surface area contributed by atoms with E-state index in [1.807, 2.05) is 18.3 Å². The Balaban J connectivity index is 1.76. The second-order valence-electron chi connectivity index (χ2n) is 4.93. The summed E-state index contributed by atoms with van der Waals surface area (Å²) >= 11 is 0. The Hall–Kier alpha value is -2.40. The Morgan fingerprint density at radius 2 is 2.09 bits per heavy atom. The van der Waals surface area contributed by atoms with Crippen LogP contribution >= 0.6 is 0 Å². The minimum Gasteiger partial charge on any atom is -0.497 e. The molecule has 0 saturated carbocycles. The molecule has 0 saturated heterocycles. The van der Waals surface area contributed by atoms with E-state index in [9.17, 15) is 9.90 Å². The minimum absolute atomic E-state index is 0.392. The minimum atomic E-state index is -1.16. The van der Waals surface area contributed by atoms with E-state index >= 15 is 0 Å². The molecule has 0 aliphatic carbocycles. The number of methoxy groups -OCH3 is 1. The van der Waals surface area contributed by atoms with Crippen molar-refractivity contribution in [1.29, 1.82) is 0 Å². The zero-order chi connectivity index (χ0) is 15.8. The largest absolute Gasteiger partial charge is 0.497 e. The van der Waals surface area contributed by atoms with Gasteiger partial charge in [-0.15, -0.1) is 0 Å². The Labute approximate surface area is 130 Å². The summed E-state index contributed by atoms with van der Waals surface area (Å²) in [6, 6.07) is 10.7. The van der Waals surface area contributed by atoms with Crippen LogP contribution in [-0.2, 0) is 11.2 Å². The third-order valence-corrected chi connectivity index (χ3v) is 3.34. The van der Waals surface area contributed by atoms with Gasteiger partial charge in [-0.1, -0.05) is 18.2 Å². The average molecular weight is 300 g/mol. The highest BCUT2D eigenvalue weighted by Gasteiger charge is 2.16. The molecule has 1 heterocycles. The van der Waals surface area contributed by atoms with Crippen LogP contribution in [0, 0.1) is 0 Å². The van der Waals surface area contributed by atoms with Crippen molar-refractivity contribution in [2.75, 3.05) is 13.7 Å². The number of benzene rings is 1. The maximum Gasteiger partial charge on any atom is 0.253 e. The first-order chi connectivity index (χ1) is 10.7. The molecule has 5 nitrogen and oxygen atoms in total. The third kappa shape index (κ3) is 4.56. The lowest BCUT2D eigenvalue weighted by atomic mass is 10.1. The van der Waals surface area contributed by atoms with Crippen molar-refractivity contribution in [2.24, 2.45) is 0 Å². The van der Waals surface area contributed by atoms with Crippen molar-refractivity contribution in [1.82, 2.24) is 10.3 Å². The normalized spacial score (nSPS) is 11.7. The van der Waals surface area contributed by atoms with Crippen LogP contribution in [0.4, 0.5) is 0 Å². The number of rotatable bonds is 7.